The largest absolute Gasteiger partial charge is 0.357 e. The predicted octanol–water partition coefficient (Wildman–Crippen LogP) is 1.80. The fourth-order valence-corrected chi connectivity index (χ4v) is 1.68. The van der Waals surface area contributed by atoms with E-state index in [1.54, 1.807) is 29.2 Å². The van der Waals surface area contributed by atoms with Gasteiger partial charge in [-0.2, -0.15) is 0 Å². The molecule has 0 aliphatic rings. The standard InChI is InChI=1S/C12H8ClN3O4/c13-8-4-1-7(2-5-8)3-6-9-10(16(19)20)11(17)15-12(18)14-9/h1-6H,(H2,14,15,17,18)/b6-3+. The topological polar surface area (TPSA) is 109 Å². The molecule has 7 nitrogen and oxygen atoms in total. The molecule has 0 bridgehead atoms. The number of rotatable bonds is 3. The SMILES string of the molecule is O=c1[nH]c(/C=C/c2ccc(Cl)cc2)c([N+](=O)[O-])c(=O)[nH]1. The maximum absolute atomic E-state index is 11.4. The van der Waals surface area contributed by atoms with Gasteiger partial charge < -0.3 is 4.98 Å². The molecule has 1 aromatic carbocycles. The summed E-state index contributed by atoms with van der Waals surface area (Å²) in [4.78, 5) is 36.5. The lowest BCUT2D eigenvalue weighted by Crippen LogP contribution is -2.25. The minimum Gasteiger partial charge on any atom is -0.301 e. The van der Waals surface area contributed by atoms with Crippen LogP contribution in [0.15, 0.2) is 33.9 Å². The van der Waals surface area contributed by atoms with E-state index in [-0.39, 0.29) is 5.69 Å². The van der Waals surface area contributed by atoms with Gasteiger partial charge in [-0.1, -0.05) is 29.8 Å². The van der Waals surface area contributed by atoms with Crippen LogP contribution in [0.2, 0.25) is 5.02 Å². The number of nitrogens with one attached hydrogen (secondary N) is 2. The molecule has 0 atom stereocenters. The summed E-state index contributed by atoms with van der Waals surface area (Å²) in [6.45, 7) is 0. The Morgan fingerprint density at radius 2 is 1.75 bits per heavy atom. The predicted molar refractivity (Wildman–Crippen MR) is 74.7 cm³/mol. The third-order valence-electron chi connectivity index (χ3n) is 2.44. The van der Waals surface area contributed by atoms with Gasteiger partial charge in [0.15, 0.2) is 0 Å². The summed E-state index contributed by atoms with van der Waals surface area (Å²) in [5, 5.41) is 11.4. The summed E-state index contributed by atoms with van der Waals surface area (Å²) in [6, 6.07) is 6.68. The summed E-state index contributed by atoms with van der Waals surface area (Å²) in [7, 11) is 0. The Morgan fingerprint density at radius 3 is 2.35 bits per heavy atom. The lowest BCUT2D eigenvalue weighted by atomic mass is 10.2. The number of hydrogen-bond acceptors (Lipinski definition) is 4. The van der Waals surface area contributed by atoms with Crippen molar-refractivity contribution in [2.75, 3.05) is 0 Å². The van der Waals surface area contributed by atoms with Gasteiger partial charge in [-0.05, 0) is 23.8 Å². The first-order valence-electron chi connectivity index (χ1n) is 5.42. The molecule has 0 saturated heterocycles. The van der Waals surface area contributed by atoms with Crippen LogP contribution in [0.5, 0.6) is 0 Å². The monoisotopic (exact) mass is 293 g/mol. The van der Waals surface area contributed by atoms with Crippen LogP contribution >= 0.6 is 11.6 Å². The smallest absolute Gasteiger partial charge is 0.301 e. The first-order chi connectivity index (χ1) is 9.47. The number of aromatic amines is 2. The van der Waals surface area contributed by atoms with Crippen LogP contribution in [0.4, 0.5) is 5.69 Å². The average Bonchev–Trinajstić information content (AvgIpc) is 2.36. The summed E-state index contributed by atoms with van der Waals surface area (Å²) in [5.74, 6) is 0. The summed E-state index contributed by atoms with van der Waals surface area (Å²) < 4.78 is 0. The third-order valence-corrected chi connectivity index (χ3v) is 2.69. The van der Waals surface area contributed by atoms with Gasteiger partial charge in [-0.25, -0.2) is 4.79 Å². The Balaban J connectivity index is 2.48. The quantitative estimate of drug-likeness (QED) is 0.664. The highest BCUT2D eigenvalue weighted by Gasteiger charge is 2.18. The van der Waals surface area contributed by atoms with Gasteiger partial charge >= 0.3 is 16.9 Å². The lowest BCUT2D eigenvalue weighted by molar-refractivity contribution is -0.386. The molecule has 0 spiro atoms. The van der Waals surface area contributed by atoms with E-state index in [0.717, 1.165) is 0 Å². The molecule has 0 aliphatic heterocycles. The van der Waals surface area contributed by atoms with E-state index in [1.807, 2.05) is 0 Å². The fraction of sp³-hybridized carbons (Fsp3) is 0. The molecule has 0 amide bonds. The van der Waals surface area contributed by atoms with Gasteiger partial charge in [0.25, 0.3) is 0 Å². The van der Waals surface area contributed by atoms with Gasteiger partial charge in [0.05, 0.1) is 4.92 Å². The van der Waals surface area contributed by atoms with Gasteiger partial charge in [-0.3, -0.25) is 19.9 Å². The van der Waals surface area contributed by atoms with Gasteiger partial charge in [0.1, 0.15) is 5.69 Å². The van der Waals surface area contributed by atoms with E-state index in [1.165, 1.54) is 12.2 Å². The van der Waals surface area contributed by atoms with Crippen LogP contribution in [0.25, 0.3) is 12.2 Å². The van der Waals surface area contributed by atoms with Crippen molar-refractivity contribution in [1.82, 2.24) is 9.97 Å². The fourth-order valence-electron chi connectivity index (χ4n) is 1.55. The normalized spacial score (nSPS) is 10.8. The highest BCUT2D eigenvalue weighted by atomic mass is 35.5. The van der Waals surface area contributed by atoms with E-state index in [4.69, 9.17) is 11.6 Å². The highest BCUT2D eigenvalue weighted by molar-refractivity contribution is 6.30. The molecule has 0 unspecified atom stereocenters. The van der Waals surface area contributed by atoms with Gasteiger partial charge in [-0.15, -0.1) is 0 Å². The number of benzene rings is 1. The Hall–Kier alpha value is -2.67. The summed E-state index contributed by atoms with van der Waals surface area (Å²) in [6.07, 6.45) is 2.81. The van der Waals surface area contributed by atoms with Crippen molar-refractivity contribution in [3.05, 3.63) is 71.5 Å². The second-order valence-electron chi connectivity index (χ2n) is 3.81. The molecule has 1 heterocycles. The van der Waals surface area contributed by atoms with Crippen molar-refractivity contribution in [3.63, 3.8) is 0 Å². The zero-order chi connectivity index (χ0) is 14.7. The number of hydrogen-bond donors (Lipinski definition) is 2. The van der Waals surface area contributed by atoms with Crippen LogP contribution in [0.1, 0.15) is 11.3 Å². The molecule has 8 heteroatoms. The van der Waals surface area contributed by atoms with E-state index < -0.39 is 21.9 Å². The highest BCUT2D eigenvalue weighted by Crippen LogP contribution is 2.14. The van der Waals surface area contributed by atoms with Crippen LogP contribution in [0.3, 0.4) is 0 Å². The first-order valence-corrected chi connectivity index (χ1v) is 5.80. The van der Waals surface area contributed by atoms with Gasteiger partial charge in [0.2, 0.25) is 0 Å². The van der Waals surface area contributed by atoms with E-state index in [0.29, 0.717) is 10.6 Å². The van der Waals surface area contributed by atoms with Crippen LogP contribution in [-0.4, -0.2) is 14.9 Å². The number of aromatic nitrogens is 2. The number of nitro groups is 1. The molecule has 102 valence electrons. The van der Waals surface area contributed by atoms with Crippen molar-refractivity contribution in [3.8, 4) is 0 Å². The molecule has 20 heavy (non-hydrogen) atoms. The molecule has 0 radical (unpaired) electrons. The van der Waals surface area contributed by atoms with Crippen LogP contribution < -0.4 is 11.2 Å². The Kier molecular flexibility index (Phi) is 3.81. The van der Waals surface area contributed by atoms with Crippen molar-refractivity contribution in [2.24, 2.45) is 0 Å². The number of H-pyrrole nitrogens is 2. The van der Waals surface area contributed by atoms with Crippen molar-refractivity contribution < 1.29 is 4.92 Å². The maximum Gasteiger partial charge on any atom is 0.357 e. The molecular formula is C12H8ClN3O4. The summed E-state index contributed by atoms with van der Waals surface area (Å²) >= 11 is 5.73. The Morgan fingerprint density at radius 1 is 1.10 bits per heavy atom. The second kappa shape index (κ2) is 5.54. The van der Waals surface area contributed by atoms with Crippen molar-refractivity contribution in [1.29, 1.82) is 0 Å². The van der Waals surface area contributed by atoms with Crippen LogP contribution in [-0.2, 0) is 0 Å². The minimum atomic E-state index is -1.05. The van der Waals surface area contributed by atoms with Crippen molar-refractivity contribution in [2.45, 2.75) is 0 Å². The van der Waals surface area contributed by atoms with E-state index >= 15 is 0 Å². The molecule has 2 aromatic rings. The Bertz CT molecular complexity index is 790. The van der Waals surface area contributed by atoms with Crippen molar-refractivity contribution >= 4 is 29.4 Å². The first kappa shape index (κ1) is 13.8. The molecule has 1 aromatic heterocycles. The lowest BCUT2D eigenvalue weighted by Gasteiger charge is -1.97. The van der Waals surface area contributed by atoms with Gasteiger partial charge in [0, 0.05) is 5.02 Å². The van der Waals surface area contributed by atoms with E-state index in [2.05, 4.69) is 4.98 Å². The maximum atomic E-state index is 11.4. The average molecular weight is 294 g/mol. The minimum absolute atomic E-state index is 0.168. The molecule has 0 saturated carbocycles. The van der Waals surface area contributed by atoms with E-state index in [9.17, 15) is 19.7 Å². The summed E-state index contributed by atoms with van der Waals surface area (Å²) in [5.41, 5.74) is -2.02. The number of nitrogens with zero attached hydrogens (tertiary/aromatic N) is 1. The zero-order valence-corrected chi connectivity index (χ0v) is 10.7. The molecule has 0 fully saturated rings. The third kappa shape index (κ3) is 3.01. The zero-order valence-electron chi connectivity index (χ0n) is 9.92. The van der Waals surface area contributed by atoms with Crippen LogP contribution in [0, 0.1) is 10.1 Å². The molecular weight excluding hydrogens is 286 g/mol. The number of halogens is 1. The Labute approximate surface area is 116 Å². The molecule has 2 rings (SSSR count). The molecule has 2 N–H and O–H groups in total. The second-order valence-corrected chi connectivity index (χ2v) is 4.25. The molecule has 0 aliphatic carbocycles.